The summed E-state index contributed by atoms with van der Waals surface area (Å²) in [6, 6.07) is 2.08. The molecule has 0 atom stereocenters. The summed E-state index contributed by atoms with van der Waals surface area (Å²) >= 11 is 0. The summed E-state index contributed by atoms with van der Waals surface area (Å²) in [5.74, 6) is 3.84. The summed E-state index contributed by atoms with van der Waals surface area (Å²) in [4.78, 5) is 14.0. The maximum Gasteiger partial charge on any atom is 0.134 e. The van der Waals surface area contributed by atoms with Crippen LogP contribution in [0, 0.1) is 12.8 Å². The molecular formula is C15H25N5. The fraction of sp³-hybridized carbons (Fsp3) is 0.733. The van der Waals surface area contributed by atoms with Crippen molar-refractivity contribution in [3.05, 3.63) is 11.9 Å². The fourth-order valence-corrected chi connectivity index (χ4v) is 2.81. The number of piperazine rings is 1. The minimum absolute atomic E-state index is 0.846. The Labute approximate surface area is 121 Å². The molecule has 1 saturated heterocycles. The quantitative estimate of drug-likeness (QED) is 0.887. The van der Waals surface area contributed by atoms with Crippen LogP contribution in [0.3, 0.4) is 0 Å². The molecule has 110 valence electrons. The van der Waals surface area contributed by atoms with Crippen LogP contribution in [-0.4, -0.2) is 54.1 Å². The first kappa shape index (κ1) is 13.6. The Balaban J connectivity index is 1.61. The zero-order valence-corrected chi connectivity index (χ0v) is 12.6. The average Bonchev–Trinajstić information content (AvgIpc) is 3.23. The average molecular weight is 275 g/mol. The van der Waals surface area contributed by atoms with E-state index in [1.807, 2.05) is 6.92 Å². The van der Waals surface area contributed by atoms with Crippen molar-refractivity contribution in [2.24, 2.45) is 5.92 Å². The Hall–Kier alpha value is -1.36. The Kier molecular flexibility index (Phi) is 4.05. The van der Waals surface area contributed by atoms with E-state index in [0.717, 1.165) is 56.1 Å². The van der Waals surface area contributed by atoms with E-state index in [4.69, 9.17) is 0 Å². The van der Waals surface area contributed by atoms with Gasteiger partial charge in [0.05, 0.1) is 0 Å². The lowest BCUT2D eigenvalue weighted by molar-refractivity contribution is 0.247. The number of hydrogen-bond acceptors (Lipinski definition) is 5. The van der Waals surface area contributed by atoms with E-state index in [1.54, 1.807) is 0 Å². The van der Waals surface area contributed by atoms with Crippen LogP contribution in [0.2, 0.25) is 0 Å². The van der Waals surface area contributed by atoms with Crippen LogP contribution in [0.25, 0.3) is 0 Å². The second-order valence-corrected chi connectivity index (χ2v) is 5.92. The van der Waals surface area contributed by atoms with Gasteiger partial charge < -0.3 is 10.2 Å². The summed E-state index contributed by atoms with van der Waals surface area (Å²) in [5, 5.41) is 3.28. The van der Waals surface area contributed by atoms with E-state index in [9.17, 15) is 0 Å². The molecule has 1 aromatic rings. The normalized spacial score (nSPS) is 20.2. The standard InChI is InChI=1S/C15H25N5/c1-3-16-14-10-15(18-12(2)17-14)20-8-6-19(7-9-20)11-13-4-5-13/h10,13H,3-9,11H2,1-2H3,(H,16,17,18). The number of aromatic nitrogens is 2. The molecule has 1 aliphatic carbocycles. The topological polar surface area (TPSA) is 44.3 Å². The van der Waals surface area contributed by atoms with Crippen LogP contribution in [0.15, 0.2) is 6.07 Å². The lowest BCUT2D eigenvalue weighted by Gasteiger charge is -2.35. The first-order valence-electron chi connectivity index (χ1n) is 7.81. The molecule has 5 nitrogen and oxygen atoms in total. The van der Waals surface area contributed by atoms with Crippen molar-refractivity contribution in [2.75, 3.05) is 49.5 Å². The van der Waals surface area contributed by atoms with Crippen molar-refractivity contribution in [2.45, 2.75) is 26.7 Å². The Bertz CT molecular complexity index is 450. The SMILES string of the molecule is CCNc1cc(N2CCN(CC3CC3)CC2)nc(C)n1. The predicted molar refractivity (Wildman–Crippen MR) is 82.3 cm³/mol. The smallest absolute Gasteiger partial charge is 0.134 e. The molecule has 1 aromatic heterocycles. The molecule has 0 unspecified atom stereocenters. The molecule has 5 heteroatoms. The van der Waals surface area contributed by atoms with Crippen molar-refractivity contribution in [3.63, 3.8) is 0 Å². The van der Waals surface area contributed by atoms with Gasteiger partial charge in [0.15, 0.2) is 0 Å². The van der Waals surface area contributed by atoms with Crippen molar-refractivity contribution in [1.82, 2.24) is 14.9 Å². The van der Waals surface area contributed by atoms with Gasteiger partial charge in [0, 0.05) is 45.3 Å². The lowest BCUT2D eigenvalue weighted by Crippen LogP contribution is -2.47. The summed E-state index contributed by atoms with van der Waals surface area (Å²) in [6.45, 7) is 10.7. The Morgan fingerprint density at radius 3 is 2.60 bits per heavy atom. The highest BCUT2D eigenvalue weighted by Crippen LogP contribution is 2.30. The van der Waals surface area contributed by atoms with Crippen LogP contribution in [0.4, 0.5) is 11.6 Å². The zero-order valence-electron chi connectivity index (χ0n) is 12.6. The first-order chi connectivity index (χ1) is 9.74. The monoisotopic (exact) mass is 275 g/mol. The van der Waals surface area contributed by atoms with Gasteiger partial charge in [-0.25, -0.2) is 9.97 Å². The number of aryl methyl sites for hydroxylation is 1. The zero-order chi connectivity index (χ0) is 13.9. The second kappa shape index (κ2) is 5.95. The number of nitrogens with zero attached hydrogens (tertiary/aromatic N) is 4. The number of hydrogen-bond donors (Lipinski definition) is 1. The maximum absolute atomic E-state index is 4.59. The molecule has 1 aliphatic heterocycles. The molecule has 0 radical (unpaired) electrons. The summed E-state index contributed by atoms with van der Waals surface area (Å²) in [6.07, 6.45) is 2.88. The van der Waals surface area contributed by atoms with Gasteiger partial charge in [-0.15, -0.1) is 0 Å². The molecule has 0 aromatic carbocycles. The van der Waals surface area contributed by atoms with Gasteiger partial charge in [0.2, 0.25) is 0 Å². The summed E-state index contributed by atoms with van der Waals surface area (Å²) in [5.41, 5.74) is 0. The van der Waals surface area contributed by atoms with Crippen LogP contribution in [0.5, 0.6) is 0 Å². The molecule has 20 heavy (non-hydrogen) atoms. The van der Waals surface area contributed by atoms with Crippen LogP contribution >= 0.6 is 0 Å². The van der Waals surface area contributed by atoms with Gasteiger partial charge in [0.1, 0.15) is 17.5 Å². The molecule has 0 spiro atoms. The van der Waals surface area contributed by atoms with E-state index < -0.39 is 0 Å². The molecule has 0 amide bonds. The Morgan fingerprint density at radius 2 is 1.95 bits per heavy atom. The Morgan fingerprint density at radius 1 is 1.20 bits per heavy atom. The number of rotatable bonds is 5. The second-order valence-electron chi connectivity index (χ2n) is 5.92. The predicted octanol–water partition coefficient (Wildman–Crippen LogP) is 1.75. The molecular weight excluding hydrogens is 250 g/mol. The van der Waals surface area contributed by atoms with Gasteiger partial charge in [-0.2, -0.15) is 0 Å². The molecule has 2 heterocycles. The van der Waals surface area contributed by atoms with Gasteiger partial charge in [-0.1, -0.05) is 0 Å². The third-order valence-electron chi connectivity index (χ3n) is 4.09. The van der Waals surface area contributed by atoms with E-state index >= 15 is 0 Å². The highest BCUT2D eigenvalue weighted by atomic mass is 15.3. The number of nitrogens with one attached hydrogen (secondary N) is 1. The van der Waals surface area contributed by atoms with Crippen molar-refractivity contribution in [3.8, 4) is 0 Å². The van der Waals surface area contributed by atoms with E-state index in [1.165, 1.54) is 19.4 Å². The fourth-order valence-electron chi connectivity index (χ4n) is 2.81. The number of anilines is 2. The molecule has 0 bridgehead atoms. The largest absolute Gasteiger partial charge is 0.370 e. The molecule has 1 saturated carbocycles. The third-order valence-corrected chi connectivity index (χ3v) is 4.09. The third kappa shape index (κ3) is 3.39. The van der Waals surface area contributed by atoms with Gasteiger partial charge in [-0.05, 0) is 32.6 Å². The van der Waals surface area contributed by atoms with E-state index in [0.29, 0.717) is 0 Å². The van der Waals surface area contributed by atoms with E-state index in [-0.39, 0.29) is 0 Å². The molecule has 2 fully saturated rings. The molecule has 2 aliphatic rings. The van der Waals surface area contributed by atoms with Crippen LogP contribution in [-0.2, 0) is 0 Å². The van der Waals surface area contributed by atoms with Crippen molar-refractivity contribution < 1.29 is 0 Å². The first-order valence-corrected chi connectivity index (χ1v) is 7.81. The van der Waals surface area contributed by atoms with Gasteiger partial charge in [0.25, 0.3) is 0 Å². The molecule has 1 N–H and O–H groups in total. The summed E-state index contributed by atoms with van der Waals surface area (Å²) < 4.78 is 0. The minimum atomic E-state index is 0.846. The lowest BCUT2D eigenvalue weighted by atomic mass is 10.2. The van der Waals surface area contributed by atoms with Crippen molar-refractivity contribution in [1.29, 1.82) is 0 Å². The minimum Gasteiger partial charge on any atom is -0.370 e. The van der Waals surface area contributed by atoms with Gasteiger partial charge in [-0.3, -0.25) is 4.90 Å². The summed E-state index contributed by atoms with van der Waals surface area (Å²) in [7, 11) is 0. The van der Waals surface area contributed by atoms with Gasteiger partial charge >= 0.3 is 0 Å². The molecule has 3 rings (SSSR count). The highest BCUT2D eigenvalue weighted by molar-refractivity contribution is 5.49. The van der Waals surface area contributed by atoms with Crippen molar-refractivity contribution >= 4 is 11.6 Å². The van der Waals surface area contributed by atoms with Crippen LogP contribution in [0.1, 0.15) is 25.6 Å². The maximum atomic E-state index is 4.59. The van der Waals surface area contributed by atoms with Crippen LogP contribution < -0.4 is 10.2 Å². The highest BCUT2D eigenvalue weighted by Gasteiger charge is 2.26. The van der Waals surface area contributed by atoms with E-state index in [2.05, 4.69) is 38.1 Å².